The van der Waals surface area contributed by atoms with Gasteiger partial charge in [-0.15, -0.1) is 0 Å². The Morgan fingerprint density at radius 1 is 1.00 bits per heavy atom. The zero-order valence-electron chi connectivity index (χ0n) is 15.7. The number of amides is 1. The lowest BCUT2D eigenvalue weighted by Gasteiger charge is -2.31. The molecule has 2 aromatic carbocycles. The number of hydrogen-bond donors (Lipinski definition) is 0. The second-order valence-electron chi connectivity index (χ2n) is 6.31. The molecule has 27 heavy (non-hydrogen) atoms. The molecule has 0 aliphatic carbocycles. The molecule has 0 saturated heterocycles. The molecule has 0 fully saturated rings. The molecule has 0 unspecified atom stereocenters. The lowest BCUT2D eigenvalue weighted by molar-refractivity contribution is -0.115. The van der Waals surface area contributed by atoms with Gasteiger partial charge in [-0.2, -0.15) is 0 Å². The van der Waals surface area contributed by atoms with Crippen molar-refractivity contribution in [2.75, 3.05) is 23.7 Å². The number of rotatable bonds is 6. The highest BCUT2D eigenvalue weighted by atomic mass is 32.2. The van der Waals surface area contributed by atoms with Gasteiger partial charge in [0.15, 0.2) is 0 Å². The molecule has 3 rings (SSSR count). The maximum atomic E-state index is 13.2. The van der Waals surface area contributed by atoms with Crippen molar-refractivity contribution in [3.8, 4) is 0 Å². The van der Waals surface area contributed by atoms with Crippen molar-refractivity contribution in [3.05, 3.63) is 48.5 Å². The third kappa shape index (κ3) is 4.68. The molecule has 1 heterocycles. The monoisotopic (exact) mass is 416 g/mol. The molecule has 0 radical (unpaired) electrons. The van der Waals surface area contributed by atoms with Gasteiger partial charge in [-0.1, -0.05) is 73.9 Å². The van der Waals surface area contributed by atoms with Crippen LogP contribution in [0.15, 0.2) is 58.3 Å². The third-order valence-electron chi connectivity index (χ3n) is 4.25. The van der Waals surface area contributed by atoms with E-state index in [1.807, 2.05) is 41.3 Å². The minimum Gasteiger partial charge on any atom is -0.358 e. The van der Waals surface area contributed by atoms with Crippen molar-refractivity contribution in [1.29, 1.82) is 0 Å². The molecule has 142 valence electrons. The second-order valence-corrected chi connectivity index (χ2v) is 9.00. The van der Waals surface area contributed by atoms with Gasteiger partial charge in [0.1, 0.15) is 4.32 Å². The Labute approximate surface area is 175 Å². The fraction of sp³-hybridized carbons (Fsp3) is 0.333. The summed E-state index contributed by atoms with van der Waals surface area (Å²) >= 11 is 8.78. The Kier molecular flexibility index (Phi) is 7.21. The van der Waals surface area contributed by atoms with Crippen molar-refractivity contribution >= 4 is 57.3 Å². The number of carbonyl (C=O) groups is 1. The summed E-state index contributed by atoms with van der Waals surface area (Å²) < 4.78 is 0.819. The van der Waals surface area contributed by atoms with Gasteiger partial charge < -0.3 is 4.90 Å². The van der Waals surface area contributed by atoms with Crippen molar-refractivity contribution in [3.63, 3.8) is 0 Å². The maximum absolute atomic E-state index is 13.2. The van der Waals surface area contributed by atoms with E-state index < -0.39 is 0 Å². The smallest absolute Gasteiger partial charge is 0.242 e. The van der Waals surface area contributed by atoms with Gasteiger partial charge in [-0.25, -0.2) is 0 Å². The summed E-state index contributed by atoms with van der Waals surface area (Å²) in [5.41, 5.74) is 1.91. The molecule has 2 aromatic rings. The molecule has 0 atom stereocenters. The number of carbonyl (C=O) groups excluding carboxylic acids is 1. The quantitative estimate of drug-likeness (QED) is 0.541. The number of nitrogens with zero attached hydrogens (tertiary/aromatic N) is 2. The van der Waals surface area contributed by atoms with Gasteiger partial charge >= 0.3 is 0 Å². The topological polar surface area (TPSA) is 23.6 Å². The van der Waals surface area contributed by atoms with Crippen LogP contribution in [-0.4, -0.2) is 34.0 Å². The first-order valence-corrected chi connectivity index (χ1v) is 11.5. The first-order valence-electron chi connectivity index (χ1n) is 9.26. The lowest BCUT2D eigenvalue weighted by atomic mass is 10.2. The Hall–Kier alpha value is -1.50. The molecule has 0 aromatic heterocycles. The van der Waals surface area contributed by atoms with Crippen LogP contribution in [0.4, 0.5) is 11.4 Å². The molecule has 0 bridgehead atoms. The van der Waals surface area contributed by atoms with Gasteiger partial charge in [0.25, 0.3) is 0 Å². The van der Waals surface area contributed by atoms with E-state index in [2.05, 4.69) is 30.9 Å². The molecule has 1 aliphatic heterocycles. The first-order chi connectivity index (χ1) is 13.2. The number of thiocarbonyl (C=S) groups is 1. The highest BCUT2D eigenvalue weighted by Crippen LogP contribution is 2.48. The normalized spacial score (nSPS) is 12.3. The Bertz CT molecular complexity index is 773. The summed E-state index contributed by atoms with van der Waals surface area (Å²) in [6.45, 7) is 6.19. The van der Waals surface area contributed by atoms with Crippen LogP contribution in [0, 0.1) is 0 Å². The van der Waals surface area contributed by atoms with E-state index in [1.54, 1.807) is 11.8 Å². The summed E-state index contributed by atoms with van der Waals surface area (Å²) in [6.07, 6.45) is 2.11. The Balaban J connectivity index is 1.78. The van der Waals surface area contributed by atoms with Crippen LogP contribution >= 0.6 is 35.7 Å². The summed E-state index contributed by atoms with van der Waals surface area (Å²) in [7, 11) is 0. The number of fused-ring (bicyclic) bond motifs is 2. The number of anilines is 2. The van der Waals surface area contributed by atoms with Crippen LogP contribution in [0.5, 0.6) is 0 Å². The predicted octanol–water partition coefficient (Wildman–Crippen LogP) is 5.96. The molecule has 0 spiro atoms. The average Bonchev–Trinajstić information content (AvgIpc) is 2.69. The molecular weight excluding hydrogens is 392 g/mol. The molecule has 0 saturated carbocycles. The summed E-state index contributed by atoms with van der Waals surface area (Å²) in [6, 6.07) is 16.2. The van der Waals surface area contributed by atoms with E-state index in [-0.39, 0.29) is 5.91 Å². The van der Waals surface area contributed by atoms with Crippen LogP contribution in [0.1, 0.15) is 26.7 Å². The van der Waals surface area contributed by atoms with Crippen molar-refractivity contribution in [2.45, 2.75) is 36.5 Å². The van der Waals surface area contributed by atoms with Gasteiger partial charge in [-0.05, 0) is 37.1 Å². The number of hydrogen-bond acceptors (Lipinski definition) is 4. The van der Waals surface area contributed by atoms with Crippen LogP contribution < -0.4 is 4.90 Å². The van der Waals surface area contributed by atoms with E-state index in [4.69, 9.17) is 12.2 Å². The fourth-order valence-corrected chi connectivity index (χ4v) is 5.25. The zero-order chi connectivity index (χ0) is 19.2. The van der Waals surface area contributed by atoms with E-state index in [0.717, 1.165) is 51.4 Å². The van der Waals surface area contributed by atoms with E-state index in [0.29, 0.717) is 5.75 Å². The molecule has 6 heteroatoms. The minimum atomic E-state index is 0.0653. The highest BCUT2D eigenvalue weighted by Gasteiger charge is 2.28. The van der Waals surface area contributed by atoms with E-state index in [9.17, 15) is 4.79 Å². The number of para-hydroxylation sites is 2. The molecular formula is C21H24N2OS3. The van der Waals surface area contributed by atoms with Crippen LogP contribution in [0.2, 0.25) is 0 Å². The predicted molar refractivity (Wildman–Crippen MR) is 121 cm³/mol. The van der Waals surface area contributed by atoms with Gasteiger partial charge in [0.2, 0.25) is 5.91 Å². The first kappa shape index (κ1) is 20.2. The second kappa shape index (κ2) is 9.62. The van der Waals surface area contributed by atoms with Crippen molar-refractivity contribution < 1.29 is 4.79 Å². The SMILES string of the molecule is CCCN(CCC)C(=S)SCC(=O)N1c2ccccc2Sc2ccccc21. The standard InChI is InChI=1S/C21H24N2OS3/c1-3-13-22(14-4-2)21(25)26-15-20(24)23-16-9-5-7-11-18(16)27-19-12-8-6-10-17(19)23/h5-12H,3-4,13-15H2,1-2H3. The largest absolute Gasteiger partial charge is 0.358 e. The maximum Gasteiger partial charge on any atom is 0.242 e. The third-order valence-corrected chi connectivity index (χ3v) is 6.88. The molecule has 3 nitrogen and oxygen atoms in total. The lowest BCUT2D eigenvalue weighted by Crippen LogP contribution is -2.33. The molecule has 1 aliphatic rings. The Morgan fingerprint density at radius 3 is 2.04 bits per heavy atom. The van der Waals surface area contributed by atoms with Gasteiger partial charge in [-0.3, -0.25) is 9.69 Å². The average molecular weight is 417 g/mol. The number of benzene rings is 2. The zero-order valence-corrected chi connectivity index (χ0v) is 18.1. The van der Waals surface area contributed by atoms with Crippen LogP contribution in [-0.2, 0) is 4.79 Å². The number of thioether (sulfide) groups is 1. The van der Waals surface area contributed by atoms with Gasteiger partial charge in [0, 0.05) is 22.9 Å². The van der Waals surface area contributed by atoms with Gasteiger partial charge in [0.05, 0.1) is 17.1 Å². The molecule has 0 N–H and O–H groups in total. The van der Waals surface area contributed by atoms with Crippen molar-refractivity contribution in [1.82, 2.24) is 4.90 Å². The summed E-state index contributed by atoms with van der Waals surface area (Å²) in [5.74, 6) is 0.409. The fourth-order valence-electron chi connectivity index (χ4n) is 3.09. The van der Waals surface area contributed by atoms with Crippen molar-refractivity contribution in [2.24, 2.45) is 0 Å². The Morgan fingerprint density at radius 2 is 1.52 bits per heavy atom. The minimum absolute atomic E-state index is 0.0653. The summed E-state index contributed by atoms with van der Waals surface area (Å²) in [4.78, 5) is 19.5. The highest BCUT2D eigenvalue weighted by molar-refractivity contribution is 8.23. The van der Waals surface area contributed by atoms with E-state index >= 15 is 0 Å². The van der Waals surface area contributed by atoms with Crippen LogP contribution in [0.3, 0.4) is 0 Å². The van der Waals surface area contributed by atoms with E-state index in [1.165, 1.54) is 11.8 Å². The molecule has 1 amide bonds. The summed E-state index contributed by atoms with van der Waals surface area (Å²) in [5, 5.41) is 0. The van der Waals surface area contributed by atoms with Crippen LogP contribution in [0.25, 0.3) is 0 Å².